The van der Waals surface area contributed by atoms with Crippen molar-refractivity contribution in [3.05, 3.63) is 30.2 Å². The average Bonchev–Trinajstić information content (AvgIpc) is 3.22. The number of nitrogens with one attached hydrogen (secondary N) is 1. The Bertz CT molecular complexity index is 958. The number of carbonyl (C=O) groups is 1. The lowest BCUT2D eigenvalue weighted by molar-refractivity contribution is 0.0988. The minimum Gasteiger partial charge on any atom is -0.368 e. The quantitative estimate of drug-likeness (QED) is 0.797. The number of nitrogens with zero attached hydrogens (tertiary/aromatic N) is 7. The molecule has 2 fully saturated rings. The summed E-state index contributed by atoms with van der Waals surface area (Å²) in [6, 6.07) is 2.36. The van der Waals surface area contributed by atoms with Gasteiger partial charge in [-0.25, -0.2) is 4.98 Å². The molecule has 0 aromatic carbocycles. The fourth-order valence-corrected chi connectivity index (χ4v) is 4.75. The molecule has 0 bridgehead atoms. The molecule has 31 heavy (non-hydrogen) atoms. The molecule has 5 heterocycles. The van der Waals surface area contributed by atoms with Crippen LogP contribution in [0.1, 0.15) is 30.1 Å². The van der Waals surface area contributed by atoms with Crippen LogP contribution in [-0.2, 0) is 0 Å². The first-order chi connectivity index (χ1) is 15.1. The van der Waals surface area contributed by atoms with Gasteiger partial charge in [0, 0.05) is 58.1 Å². The Kier molecular flexibility index (Phi) is 5.35. The zero-order chi connectivity index (χ0) is 21.4. The predicted molar refractivity (Wildman–Crippen MR) is 122 cm³/mol. The molecule has 9 heteroatoms. The molecular formula is C22H30N8O. The van der Waals surface area contributed by atoms with Crippen LogP contribution < -0.4 is 20.0 Å². The lowest BCUT2D eigenvalue weighted by Gasteiger charge is -2.34. The van der Waals surface area contributed by atoms with Gasteiger partial charge >= 0.3 is 0 Å². The maximum atomic E-state index is 13.6. The van der Waals surface area contributed by atoms with Crippen LogP contribution in [0.3, 0.4) is 0 Å². The summed E-state index contributed by atoms with van der Waals surface area (Å²) in [5, 5.41) is 3.17. The van der Waals surface area contributed by atoms with Crippen molar-refractivity contribution >= 4 is 29.0 Å². The largest absolute Gasteiger partial charge is 0.368 e. The molecule has 2 aromatic rings. The number of likely N-dealkylation sites (N-methyl/N-ethyl adjacent to an activating group) is 1. The normalized spacial score (nSPS) is 21.7. The number of aromatic nitrogens is 3. The van der Waals surface area contributed by atoms with Gasteiger partial charge < -0.3 is 24.9 Å². The Morgan fingerprint density at radius 2 is 1.90 bits per heavy atom. The highest BCUT2D eigenvalue weighted by Gasteiger charge is 2.37. The number of rotatable bonds is 4. The van der Waals surface area contributed by atoms with E-state index in [1.54, 1.807) is 12.4 Å². The molecule has 0 spiro atoms. The molecule has 3 aliphatic rings. The molecule has 0 unspecified atom stereocenters. The Morgan fingerprint density at radius 3 is 2.71 bits per heavy atom. The molecule has 0 radical (unpaired) electrons. The van der Waals surface area contributed by atoms with Crippen LogP contribution in [0.4, 0.5) is 23.1 Å². The monoisotopic (exact) mass is 422 g/mol. The molecule has 2 saturated heterocycles. The summed E-state index contributed by atoms with van der Waals surface area (Å²) >= 11 is 0. The minimum atomic E-state index is -0.0511. The summed E-state index contributed by atoms with van der Waals surface area (Å²) in [6.45, 7) is 8.31. The molecular weight excluding hydrogens is 392 g/mol. The third-order valence-electron chi connectivity index (χ3n) is 6.51. The molecule has 2 aromatic heterocycles. The van der Waals surface area contributed by atoms with E-state index in [4.69, 9.17) is 4.98 Å². The SMILES string of the molecule is CCNc1ncc2c(n1)N1CCC[C@H]1CN(c1cncc(N3CCN(C)CC3)c1)C2=O. The molecule has 1 atom stereocenters. The van der Waals surface area contributed by atoms with Crippen LogP contribution in [0.5, 0.6) is 0 Å². The van der Waals surface area contributed by atoms with Crippen molar-refractivity contribution in [2.45, 2.75) is 25.8 Å². The van der Waals surface area contributed by atoms with Gasteiger partial charge in [0.15, 0.2) is 0 Å². The van der Waals surface area contributed by atoms with Gasteiger partial charge in [-0.1, -0.05) is 0 Å². The number of piperazine rings is 1. The van der Waals surface area contributed by atoms with Crippen molar-refractivity contribution in [1.82, 2.24) is 19.9 Å². The van der Waals surface area contributed by atoms with Gasteiger partial charge in [-0.05, 0) is 32.9 Å². The molecule has 0 saturated carbocycles. The first-order valence-corrected chi connectivity index (χ1v) is 11.2. The maximum Gasteiger partial charge on any atom is 0.263 e. The van der Waals surface area contributed by atoms with Crippen LogP contribution in [0, 0.1) is 0 Å². The summed E-state index contributed by atoms with van der Waals surface area (Å²) < 4.78 is 0. The zero-order valence-electron chi connectivity index (χ0n) is 18.3. The van der Waals surface area contributed by atoms with Gasteiger partial charge in [0.1, 0.15) is 11.4 Å². The molecule has 5 rings (SSSR count). The zero-order valence-corrected chi connectivity index (χ0v) is 18.3. The van der Waals surface area contributed by atoms with E-state index in [0.29, 0.717) is 18.1 Å². The minimum absolute atomic E-state index is 0.0511. The molecule has 1 N–H and O–H groups in total. The van der Waals surface area contributed by atoms with Crippen molar-refractivity contribution in [1.29, 1.82) is 0 Å². The van der Waals surface area contributed by atoms with Gasteiger partial charge in [-0.3, -0.25) is 9.78 Å². The van der Waals surface area contributed by atoms with E-state index in [9.17, 15) is 4.79 Å². The summed E-state index contributed by atoms with van der Waals surface area (Å²) in [6.07, 6.45) is 7.53. The second kappa shape index (κ2) is 8.30. The smallest absolute Gasteiger partial charge is 0.263 e. The van der Waals surface area contributed by atoms with Gasteiger partial charge in [0.05, 0.1) is 23.8 Å². The number of anilines is 4. The van der Waals surface area contributed by atoms with Crippen molar-refractivity contribution in [2.24, 2.45) is 0 Å². The van der Waals surface area contributed by atoms with Crippen molar-refractivity contribution in [3.8, 4) is 0 Å². The fourth-order valence-electron chi connectivity index (χ4n) is 4.75. The third-order valence-corrected chi connectivity index (χ3v) is 6.51. The van der Waals surface area contributed by atoms with E-state index in [1.165, 1.54) is 0 Å². The Labute approximate surface area is 183 Å². The number of hydrogen-bond donors (Lipinski definition) is 1. The standard InChI is InChI=1S/C22H30N8O/c1-3-24-22-25-14-19-20(26-22)29-6-4-5-16(29)15-30(21(19)31)18-11-17(12-23-13-18)28-9-7-27(2)8-10-28/h11-14,16H,3-10,15H2,1-2H3,(H,24,25,26)/t16-/m0/s1. The van der Waals surface area contributed by atoms with Crippen molar-refractivity contribution in [2.75, 3.05) is 72.9 Å². The van der Waals surface area contributed by atoms with Gasteiger partial charge in [0.2, 0.25) is 5.95 Å². The highest BCUT2D eigenvalue weighted by Crippen LogP contribution is 2.34. The van der Waals surface area contributed by atoms with E-state index < -0.39 is 0 Å². The Hall–Kier alpha value is -2.94. The number of hydrogen-bond acceptors (Lipinski definition) is 8. The number of pyridine rings is 1. The number of fused-ring (bicyclic) bond motifs is 3. The molecule has 3 aliphatic heterocycles. The lowest BCUT2D eigenvalue weighted by atomic mass is 10.2. The van der Waals surface area contributed by atoms with Gasteiger partial charge in [0.25, 0.3) is 5.91 Å². The van der Waals surface area contributed by atoms with Crippen LogP contribution >= 0.6 is 0 Å². The molecule has 0 aliphatic carbocycles. The summed E-state index contributed by atoms with van der Waals surface area (Å²) in [4.78, 5) is 36.1. The highest BCUT2D eigenvalue weighted by atomic mass is 16.2. The number of amides is 1. The van der Waals surface area contributed by atoms with E-state index in [0.717, 1.165) is 69.3 Å². The molecule has 164 valence electrons. The first-order valence-electron chi connectivity index (χ1n) is 11.2. The molecule has 9 nitrogen and oxygen atoms in total. The fraction of sp³-hybridized carbons (Fsp3) is 0.545. The second-order valence-corrected chi connectivity index (χ2v) is 8.56. The first kappa shape index (κ1) is 20.0. The summed E-state index contributed by atoms with van der Waals surface area (Å²) in [7, 11) is 2.15. The van der Waals surface area contributed by atoms with Gasteiger partial charge in [-0.2, -0.15) is 4.98 Å². The maximum absolute atomic E-state index is 13.6. The Morgan fingerprint density at radius 1 is 1.10 bits per heavy atom. The van der Waals surface area contributed by atoms with Crippen LogP contribution in [0.25, 0.3) is 0 Å². The summed E-state index contributed by atoms with van der Waals surface area (Å²) in [5.41, 5.74) is 2.48. The second-order valence-electron chi connectivity index (χ2n) is 8.56. The van der Waals surface area contributed by atoms with E-state index in [1.807, 2.05) is 18.0 Å². The van der Waals surface area contributed by atoms with Crippen molar-refractivity contribution in [3.63, 3.8) is 0 Å². The van der Waals surface area contributed by atoms with Crippen molar-refractivity contribution < 1.29 is 4.79 Å². The van der Waals surface area contributed by atoms with E-state index in [-0.39, 0.29) is 11.9 Å². The molecule has 1 amide bonds. The average molecular weight is 423 g/mol. The lowest BCUT2D eigenvalue weighted by Crippen LogP contribution is -2.44. The predicted octanol–water partition coefficient (Wildman–Crippen LogP) is 1.68. The topological polar surface area (TPSA) is 80.7 Å². The van der Waals surface area contributed by atoms with Gasteiger partial charge in [-0.15, -0.1) is 0 Å². The Balaban J connectivity index is 1.49. The highest BCUT2D eigenvalue weighted by molar-refractivity contribution is 6.10. The van der Waals surface area contributed by atoms with Crippen LogP contribution in [0.2, 0.25) is 0 Å². The third kappa shape index (κ3) is 3.78. The van der Waals surface area contributed by atoms with E-state index >= 15 is 0 Å². The van der Waals surface area contributed by atoms with E-state index in [2.05, 4.69) is 43.1 Å². The van der Waals surface area contributed by atoms with Crippen LogP contribution in [-0.4, -0.2) is 84.7 Å². The summed E-state index contributed by atoms with van der Waals surface area (Å²) in [5.74, 6) is 1.28. The van der Waals surface area contributed by atoms with Crippen LogP contribution in [0.15, 0.2) is 24.7 Å². The number of carbonyl (C=O) groups excluding carboxylic acids is 1.